The molecule has 7 nitrogen and oxygen atoms in total. The van der Waals surface area contributed by atoms with E-state index in [0.717, 1.165) is 5.56 Å². The molecule has 0 spiro atoms. The molecule has 0 unspecified atom stereocenters. The molecule has 3 rings (SSSR count). The maximum atomic E-state index is 12.7. The molecular weight excluding hydrogens is 320 g/mol. The van der Waals surface area contributed by atoms with Gasteiger partial charge in [-0.15, -0.1) is 0 Å². The molecule has 0 saturated carbocycles. The van der Waals surface area contributed by atoms with Crippen molar-refractivity contribution < 1.29 is 14.1 Å². The van der Waals surface area contributed by atoms with Crippen LogP contribution in [0.4, 0.5) is 0 Å². The van der Waals surface area contributed by atoms with Crippen molar-refractivity contribution in [1.82, 2.24) is 19.9 Å². The predicted molar refractivity (Wildman–Crippen MR) is 90.5 cm³/mol. The standard InChI is InChI=1S/C18H22N4O3/c1-12(2)17-19-15(25-20-17)10-22-14(9-13-7-5-4-6-8-13)18(24)21(3)11-16(22)23/h4-8,12,14H,9-11H2,1-3H3/t14-/m0/s1. The van der Waals surface area contributed by atoms with Crippen LogP contribution in [0.1, 0.15) is 37.0 Å². The van der Waals surface area contributed by atoms with Crippen LogP contribution in [0.2, 0.25) is 0 Å². The molecule has 0 bridgehead atoms. The van der Waals surface area contributed by atoms with E-state index >= 15 is 0 Å². The molecule has 132 valence electrons. The lowest BCUT2D eigenvalue weighted by Crippen LogP contribution is -2.59. The second kappa shape index (κ2) is 7.04. The molecule has 1 saturated heterocycles. The largest absolute Gasteiger partial charge is 0.337 e. The number of amides is 2. The number of carbonyl (C=O) groups excluding carboxylic acids is 2. The smallest absolute Gasteiger partial charge is 0.246 e. The van der Waals surface area contributed by atoms with E-state index < -0.39 is 6.04 Å². The van der Waals surface area contributed by atoms with Crippen LogP contribution >= 0.6 is 0 Å². The van der Waals surface area contributed by atoms with Gasteiger partial charge >= 0.3 is 0 Å². The first-order valence-corrected chi connectivity index (χ1v) is 8.36. The number of likely N-dealkylation sites (N-methyl/N-ethyl adjacent to an activating group) is 1. The van der Waals surface area contributed by atoms with E-state index in [1.165, 1.54) is 4.90 Å². The first-order chi connectivity index (χ1) is 12.0. The number of nitrogens with zero attached hydrogens (tertiary/aromatic N) is 4. The van der Waals surface area contributed by atoms with Crippen molar-refractivity contribution >= 4 is 11.8 Å². The van der Waals surface area contributed by atoms with Crippen LogP contribution in [0, 0.1) is 0 Å². The Labute approximate surface area is 146 Å². The fraction of sp³-hybridized carbons (Fsp3) is 0.444. The normalized spacial score (nSPS) is 18.3. The second-order valence-corrected chi connectivity index (χ2v) is 6.62. The fourth-order valence-electron chi connectivity index (χ4n) is 2.88. The zero-order valence-electron chi connectivity index (χ0n) is 14.7. The molecule has 1 fully saturated rings. The van der Waals surface area contributed by atoms with E-state index in [0.29, 0.717) is 18.1 Å². The fourth-order valence-corrected chi connectivity index (χ4v) is 2.88. The Balaban J connectivity index is 1.84. The minimum absolute atomic E-state index is 0.0648. The molecule has 0 N–H and O–H groups in total. The molecule has 25 heavy (non-hydrogen) atoms. The van der Waals surface area contributed by atoms with Crippen molar-refractivity contribution in [3.8, 4) is 0 Å². The summed E-state index contributed by atoms with van der Waals surface area (Å²) in [5, 5.41) is 3.93. The van der Waals surface area contributed by atoms with Crippen LogP contribution < -0.4 is 0 Å². The summed E-state index contributed by atoms with van der Waals surface area (Å²) >= 11 is 0. The van der Waals surface area contributed by atoms with Crippen LogP contribution in [0.5, 0.6) is 0 Å². The molecule has 1 aromatic heterocycles. The molecule has 7 heteroatoms. The topological polar surface area (TPSA) is 79.5 Å². The summed E-state index contributed by atoms with van der Waals surface area (Å²) in [4.78, 5) is 32.5. The Morgan fingerprint density at radius 1 is 1.24 bits per heavy atom. The summed E-state index contributed by atoms with van der Waals surface area (Å²) in [7, 11) is 1.65. The number of hydrogen-bond acceptors (Lipinski definition) is 5. The zero-order valence-corrected chi connectivity index (χ0v) is 14.7. The quantitative estimate of drug-likeness (QED) is 0.825. The van der Waals surface area contributed by atoms with Crippen molar-refractivity contribution in [3.63, 3.8) is 0 Å². The lowest BCUT2D eigenvalue weighted by atomic mass is 10.0. The van der Waals surface area contributed by atoms with Crippen molar-refractivity contribution in [1.29, 1.82) is 0 Å². The lowest BCUT2D eigenvalue weighted by Gasteiger charge is -2.38. The van der Waals surface area contributed by atoms with E-state index in [-0.39, 0.29) is 30.8 Å². The third-order valence-corrected chi connectivity index (χ3v) is 4.31. The zero-order chi connectivity index (χ0) is 18.0. The summed E-state index contributed by atoms with van der Waals surface area (Å²) in [6, 6.07) is 9.11. The number of hydrogen-bond donors (Lipinski definition) is 0. The molecule has 0 radical (unpaired) electrons. The van der Waals surface area contributed by atoms with Gasteiger partial charge in [-0.05, 0) is 5.56 Å². The van der Waals surface area contributed by atoms with Crippen LogP contribution in [-0.4, -0.2) is 51.4 Å². The number of rotatable bonds is 5. The number of benzene rings is 1. The summed E-state index contributed by atoms with van der Waals surface area (Å²) in [6.45, 7) is 4.15. The van der Waals surface area contributed by atoms with Crippen molar-refractivity contribution in [3.05, 3.63) is 47.6 Å². The van der Waals surface area contributed by atoms with E-state index in [9.17, 15) is 9.59 Å². The monoisotopic (exact) mass is 342 g/mol. The van der Waals surface area contributed by atoms with Gasteiger partial charge in [0.25, 0.3) is 0 Å². The van der Waals surface area contributed by atoms with Crippen LogP contribution in [0.25, 0.3) is 0 Å². The highest BCUT2D eigenvalue weighted by Gasteiger charge is 2.38. The summed E-state index contributed by atoms with van der Waals surface area (Å²) in [5.74, 6) is 0.900. The Morgan fingerprint density at radius 3 is 2.60 bits per heavy atom. The average molecular weight is 342 g/mol. The van der Waals surface area contributed by atoms with Gasteiger partial charge in [0.15, 0.2) is 5.82 Å². The van der Waals surface area contributed by atoms with Gasteiger partial charge in [-0.2, -0.15) is 4.98 Å². The predicted octanol–water partition coefficient (Wildman–Crippen LogP) is 1.60. The van der Waals surface area contributed by atoms with E-state index in [1.54, 1.807) is 11.9 Å². The Morgan fingerprint density at radius 2 is 1.96 bits per heavy atom. The van der Waals surface area contributed by atoms with Gasteiger partial charge in [0.1, 0.15) is 12.6 Å². The van der Waals surface area contributed by atoms with E-state index in [1.807, 2.05) is 44.2 Å². The molecule has 2 amide bonds. The van der Waals surface area contributed by atoms with Gasteiger partial charge in [-0.25, -0.2) is 0 Å². The average Bonchev–Trinajstić information content (AvgIpc) is 3.06. The first-order valence-electron chi connectivity index (χ1n) is 8.36. The minimum atomic E-state index is -0.567. The highest BCUT2D eigenvalue weighted by atomic mass is 16.5. The minimum Gasteiger partial charge on any atom is -0.337 e. The second-order valence-electron chi connectivity index (χ2n) is 6.62. The molecule has 1 aliphatic rings. The lowest BCUT2D eigenvalue weighted by molar-refractivity contribution is -0.155. The van der Waals surface area contributed by atoms with Crippen LogP contribution in [-0.2, 0) is 22.6 Å². The third kappa shape index (κ3) is 3.70. The summed E-state index contributed by atoms with van der Waals surface area (Å²) in [6.07, 6.45) is 0.459. The summed E-state index contributed by atoms with van der Waals surface area (Å²) < 4.78 is 5.26. The Hall–Kier alpha value is -2.70. The first kappa shape index (κ1) is 17.1. The van der Waals surface area contributed by atoms with Gasteiger partial charge in [-0.3, -0.25) is 9.59 Å². The highest BCUT2D eigenvalue weighted by Crippen LogP contribution is 2.20. The maximum absolute atomic E-state index is 12.7. The molecule has 2 aromatic rings. The SMILES string of the molecule is CC(C)c1noc(CN2C(=O)CN(C)C(=O)[C@@H]2Cc2ccccc2)n1. The molecule has 1 aromatic carbocycles. The number of carbonyl (C=O) groups is 2. The van der Waals surface area contributed by atoms with Crippen molar-refractivity contribution in [2.75, 3.05) is 13.6 Å². The van der Waals surface area contributed by atoms with Crippen LogP contribution in [0.3, 0.4) is 0 Å². The van der Waals surface area contributed by atoms with E-state index in [2.05, 4.69) is 10.1 Å². The Bertz CT molecular complexity index is 757. The summed E-state index contributed by atoms with van der Waals surface area (Å²) in [5.41, 5.74) is 1.00. The van der Waals surface area contributed by atoms with E-state index in [4.69, 9.17) is 4.52 Å². The van der Waals surface area contributed by atoms with Gasteiger partial charge < -0.3 is 14.3 Å². The van der Waals surface area contributed by atoms with Crippen molar-refractivity contribution in [2.45, 2.75) is 38.8 Å². The maximum Gasteiger partial charge on any atom is 0.246 e. The third-order valence-electron chi connectivity index (χ3n) is 4.31. The van der Waals surface area contributed by atoms with Gasteiger partial charge in [0.2, 0.25) is 17.7 Å². The molecule has 0 aliphatic carbocycles. The highest BCUT2D eigenvalue weighted by molar-refractivity contribution is 5.94. The molecule has 1 atom stereocenters. The number of aromatic nitrogens is 2. The number of piperazine rings is 1. The van der Waals surface area contributed by atoms with Gasteiger partial charge in [-0.1, -0.05) is 49.3 Å². The van der Waals surface area contributed by atoms with Gasteiger partial charge in [0, 0.05) is 19.4 Å². The molecule has 2 heterocycles. The molecule has 1 aliphatic heterocycles. The van der Waals surface area contributed by atoms with Gasteiger partial charge in [0.05, 0.1) is 6.54 Å². The van der Waals surface area contributed by atoms with Crippen molar-refractivity contribution in [2.24, 2.45) is 0 Å². The molecular formula is C18H22N4O3. The Kier molecular flexibility index (Phi) is 4.83. The van der Waals surface area contributed by atoms with Crippen LogP contribution in [0.15, 0.2) is 34.9 Å².